The van der Waals surface area contributed by atoms with Crippen molar-refractivity contribution in [1.82, 2.24) is 4.90 Å². The number of likely N-dealkylation sites (tertiary alicyclic amines) is 1. The largest absolute Gasteiger partial charge is 0.332 e. The van der Waals surface area contributed by atoms with E-state index in [1.54, 1.807) is 13.8 Å². The molecule has 3 saturated carbocycles. The molecule has 0 spiro atoms. The van der Waals surface area contributed by atoms with E-state index in [1.165, 1.54) is 0 Å². The van der Waals surface area contributed by atoms with E-state index in [2.05, 4.69) is 0 Å². The van der Waals surface area contributed by atoms with Crippen LogP contribution in [0.25, 0.3) is 0 Å². The predicted octanol–water partition coefficient (Wildman–Crippen LogP) is 7.35. The van der Waals surface area contributed by atoms with E-state index < -0.39 is 207 Å². The Morgan fingerprint density at radius 2 is 1.78 bits per heavy atom. The first-order valence-corrected chi connectivity index (χ1v) is 18.3. The van der Waals surface area contributed by atoms with Crippen molar-refractivity contribution in [2.75, 3.05) is 12.3 Å². The lowest BCUT2D eigenvalue weighted by Crippen LogP contribution is -2.51. The highest BCUT2D eigenvalue weighted by molar-refractivity contribution is 7.92. The molecule has 278 valence electrons. The monoisotopic (exact) mass is 728 g/mol. The minimum Gasteiger partial charge on any atom is -0.332 e. The number of piperidine rings is 1. The highest BCUT2D eigenvalue weighted by Gasteiger charge is 2.69. The second-order valence-electron chi connectivity index (χ2n) is 15.3. The number of fused-ring (bicyclic) bond motifs is 1. The van der Waals surface area contributed by atoms with Crippen LogP contribution in [0.4, 0.5) is 0 Å². The third-order valence-corrected chi connectivity index (χ3v) is 12.8. The molecule has 0 aromatic carbocycles. The van der Waals surface area contributed by atoms with Crippen molar-refractivity contribution in [2.24, 2.45) is 45.8 Å². The van der Waals surface area contributed by atoms with Crippen molar-refractivity contribution in [3.8, 4) is 0 Å². The molecule has 4 aliphatic rings. The number of ketones is 4. The Morgan fingerprint density at radius 1 is 1.06 bits per heavy atom. The number of nitrogens with zero attached hydrogens (tertiary/aromatic N) is 1. The van der Waals surface area contributed by atoms with Crippen molar-refractivity contribution in [3.05, 3.63) is 0 Å². The highest BCUT2D eigenvalue weighted by Crippen LogP contribution is 2.65. The average molecular weight is 728 g/mol. The molecule has 6 atom stereocenters. The van der Waals surface area contributed by atoms with Gasteiger partial charge in [-0.05, 0) is 86.7 Å². The Bertz CT molecular complexity index is 2290. The van der Waals surface area contributed by atoms with Gasteiger partial charge in [0.25, 0.3) is 0 Å². The number of carbonyl (C=O) groups excluding carboxylic acids is 5. The summed E-state index contributed by atoms with van der Waals surface area (Å²) in [5, 5.41) is 0. The van der Waals surface area contributed by atoms with Gasteiger partial charge in [0.1, 0.15) is 5.78 Å². The summed E-state index contributed by atoms with van der Waals surface area (Å²) in [6.45, 7) is -14.5. The van der Waals surface area contributed by atoms with Crippen LogP contribution < -0.4 is 0 Å². The van der Waals surface area contributed by atoms with Crippen LogP contribution in [0, 0.1) is 45.8 Å². The molecule has 0 N–H and O–H groups in total. The van der Waals surface area contributed by atoms with E-state index in [1.807, 2.05) is 0 Å². The molecule has 4 rings (SSSR count). The normalized spacial score (nSPS) is 40.6. The van der Waals surface area contributed by atoms with Crippen LogP contribution in [0.1, 0.15) is 185 Å². The lowest BCUT2D eigenvalue weighted by atomic mass is 9.70. The molecule has 0 aromatic heterocycles. The molecule has 3 aliphatic carbocycles. The number of hydrogen-bond donors (Lipinski definition) is 0. The number of Topliss-reactive ketones (excluding diaryl/α,β-unsaturated/α-hetero) is 4. The molecule has 1 saturated heterocycles. The molecule has 4 fully saturated rings. The molecule has 8 nitrogen and oxygen atoms in total. The van der Waals surface area contributed by atoms with Crippen LogP contribution in [0.3, 0.4) is 0 Å². The minimum absolute atomic E-state index is 0.234. The maximum atomic E-state index is 15.3. The summed E-state index contributed by atoms with van der Waals surface area (Å²) in [7, 11) is -5.82. The van der Waals surface area contributed by atoms with Crippen molar-refractivity contribution in [1.29, 1.82) is 0 Å². The predicted molar refractivity (Wildman–Crippen MR) is 192 cm³/mol. The topological polar surface area (TPSA) is 123 Å². The zero-order chi connectivity index (χ0) is 57.3. The summed E-state index contributed by atoms with van der Waals surface area (Å²) in [5.41, 5.74) is -7.25. The fourth-order valence-electron chi connectivity index (χ4n) is 7.33. The maximum absolute atomic E-state index is 15.3. The summed E-state index contributed by atoms with van der Waals surface area (Å²) >= 11 is 0. The Hall–Kier alpha value is -1.90. The van der Waals surface area contributed by atoms with Crippen LogP contribution in [0.15, 0.2) is 0 Å². The van der Waals surface area contributed by atoms with Crippen LogP contribution in [0.5, 0.6) is 0 Å². The van der Waals surface area contributed by atoms with Crippen molar-refractivity contribution < 1.29 is 65.3 Å². The average Bonchev–Trinajstić information content (AvgIpc) is 4.01. The quantitative estimate of drug-likeness (QED) is 0.144. The van der Waals surface area contributed by atoms with Crippen LogP contribution in [0.2, 0.25) is 0 Å². The van der Waals surface area contributed by atoms with Gasteiger partial charge in [0, 0.05) is 76.9 Å². The molecule has 1 heterocycles. The Morgan fingerprint density at radius 3 is 2.41 bits per heavy atom. The summed E-state index contributed by atoms with van der Waals surface area (Å²) in [4.78, 5) is 72.8. The second-order valence-corrected chi connectivity index (χ2v) is 17.6. The van der Waals surface area contributed by atoms with Crippen LogP contribution in [-0.4, -0.2) is 65.4 Å². The first-order chi connectivity index (χ1) is 32.0. The van der Waals surface area contributed by atoms with Crippen molar-refractivity contribution >= 4 is 38.9 Å². The van der Waals surface area contributed by atoms with Gasteiger partial charge >= 0.3 is 0 Å². The van der Waals surface area contributed by atoms with Gasteiger partial charge in [0.15, 0.2) is 21.4 Å². The SMILES string of the molecule is [2H]C([2H])([2H])CC([2H])([2H])C[C@@]([2H])(CC(=O)C1[C@@H]2[C@H](CN1C(=O)[C@@H](CC(=O)CC1(CS(=O)(=O)C(C)(C([2H])([2H])[2H])C([2H])([2H])[2H])CCC([2H])([2H])C([2H])([2H])C1([2H])[2H])C(C)(C([2H])([2H])[2H])C([2H])([2H])[2H])C2(C)C)C(=O)C(=O)CC1CC1. The van der Waals surface area contributed by atoms with Gasteiger partial charge in [-0.3, -0.25) is 24.0 Å². The van der Waals surface area contributed by atoms with Gasteiger partial charge in [-0.15, -0.1) is 0 Å². The van der Waals surface area contributed by atoms with Gasteiger partial charge < -0.3 is 4.90 Å². The van der Waals surface area contributed by atoms with E-state index in [0.29, 0.717) is 26.7 Å². The van der Waals surface area contributed by atoms with E-state index >= 15 is 4.79 Å². The zero-order valence-electron chi connectivity index (χ0n) is 52.6. The Balaban J connectivity index is 1.91. The van der Waals surface area contributed by atoms with Crippen molar-refractivity contribution in [2.45, 2.75) is 162 Å². The summed E-state index contributed by atoms with van der Waals surface area (Å²) in [6.07, 6.45) is -22.0. The van der Waals surface area contributed by atoms with E-state index in [0.717, 1.165) is 4.90 Å². The second kappa shape index (κ2) is 14.6. The van der Waals surface area contributed by atoms with Crippen molar-refractivity contribution in [3.63, 3.8) is 0 Å². The molecule has 1 aliphatic heterocycles. The third-order valence-electron chi connectivity index (χ3n) is 10.6. The number of amides is 1. The molecule has 1 amide bonds. The number of rotatable bonds is 17. The third kappa shape index (κ3) is 9.13. The lowest BCUT2D eigenvalue weighted by Gasteiger charge is -2.40. The van der Waals surface area contributed by atoms with E-state index in [9.17, 15) is 29.0 Å². The Labute approximate surface area is 330 Å². The van der Waals surface area contributed by atoms with Gasteiger partial charge in [-0.2, -0.15) is 0 Å². The first kappa shape index (κ1) is 18.2. The van der Waals surface area contributed by atoms with Gasteiger partial charge in [0.2, 0.25) is 11.7 Å². The van der Waals surface area contributed by atoms with Gasteiger partial charge in [-0.25, -0.2) is 8.42 Å². The summed E-state index contributed by atoms with van der Waals surface area (Å²) in [6, 6.07) is -1.79. The summed E-state index contributed by atoms with van der Waals surface area (Å²) in [5.74, 6) is -16.2. The standard InChI is InChI=1S/C40H65NO7S/c1-10-11-15-27(35(45)32(44)20-26-16-17-26)21-31(43)34-33-30(39(33,8)9)24-41(34)36(46)29(37(2,3)4)22-28(42)23-40(18-13-12-14-19-40)25-49(47,48)38(5,6)7/h26-27,29-30,33-34H,10-25H2,1-9H3/t27-,29+,30-,33-,34?/m0/s1/i1D3,2D3,3D3,5D3,6D3,11D2,12D2,13D2,18D2,27D/t27-,29+,30-,33-,34?,40?. The molecule has 0 bridgehead atoms. The summed E-state index contributed by atoms with van der Waals surface area (Å²) < 4.78 is 225. The number of hydrogen-bond acceptors (Lipinski definition) is 7. The molecule has 9 heteroatoms. The highest BCUT2D eigenvalue weighted by atomic mass is 32.2. The first-order valence-electron chi connectivity index (χ1n) is 28.6. The fraction of sp³-hybridized carbons (Fsp3) is 0.875. The number of sulfone groups is 1. The minimum atomic E-state index is -5.82. The van der Waals surface area contributed by atoms with Gasteiger partial charge in [0.05, 0.1) is 16.5 Å². The van der Waals surface area contributed by atoms with Crippen LogP contribution in [-0.2, 0) is 33.8 Å². The maximum Gasteiger partial charge on any atom is 0.227 e. The Kier molecular flexibility index (Phi) is 5.44. The zero-order valence-corrected chi connectivity index (χ0v) is 29.4. The number of carbonyl (C=O) groups is 5. The lowest BCUT2D eigenvalue weighted by molar-refractivity contribution is -0.148. The van der Waals surface area contributed by atoms with Gasteiger partial charge in [-0.1, -0.05) is 73.3 Å². The molecule has 49 heavy (non-hydrogen) atoms. The van der Waals surface area contributed by atoms with E-state index in [4.69, 9.17) is 31.5 Å². The molecular weight excluding hydrogens is 639 g/mol. The fourth-order valence-corrected chi connectivity index (χ4v) is 8.66. The van der Waals surface area contributed by atoms with Crippen LogP contribution >= 0.6 is 0 Å². The molecule has 2 unspecified atom stereocenters. The smallest absolute Gasteiger partial charge is 0.227 e. The molecule has 0 aromatic rings. The molecule has 0 radical (unpaired) electrons. The van der Waals surface area contributed by atoms with E-state index in [-0.39, 0.29) is 12.3 Å². The molecular formula is C40H65NO7S.